The van der Waals surface area contributed by atoms with Crippen molar-refractivity contribution in [3.8, 4) is 11.3 Å². The van der Waals surface area contributed by atoms with Crippen molar-refractivity contribution < 1.29 is 9.32 Å². The molecule has 0 bridgehead atoms. The van der Waals surface area contributed by atoms with Crippen LogP contribution in [-0.4, -0.2) is 49.1 Å². The summed E-state index contributed by atoms with van der Waals surface area (Å²) in [6, 6.07) is 11.9. The van der Waals surface area contributed by atoms with E-state index >= 15 is 0 Å². The zero-order valence-electron chi connectivity index (χ0n) is 16.4. The van der Waals surface area contributed by atoms with Crippen LogP contribution in [0.1, 0.15) is 25.0 Å². The zero-order chi connectivity index (χ0) is 19.1. The van der Waals surface area contributed by atoms with Crippen LogP contribution in [0.4, 0.5) is 0 Å². The number of likely N-dealkylation sites (tertiary alicyclic amines) is 1. The Hall–Kier alpha value is -2.10. The molecule has 152 valence electrons. The van der Waals surface area contributed by atoms with Crippen LogP contribution in [0.3, 0.4) is 0 Å². The van der Waals surface area contributed by atoms with Gasteiger partial charge in [0.1, 0.15) is 5.69 Å². The smallest absolute Gasteiger partial charge is 0.220 e. The van der Waals surface area contributed by atoms with Gasteiger partial charge < -0.3 is 20.1 Å². The summed E-state index contributed by atoms with van der Waals surface area (Å²) in [7, 11) is 3.48. The number of guanidine groups is 1. The molecule has 1 aliphatic rings. The molecule has 0 aliphatic carbocycles. The van der Waals surface area contributed by atoms with Crippen LogP contribution in [0.25, 0.3) is 11.3 Å². The van der Waals surface area contributed by atoms with Gasteiger partial charge in [0.2, 0.25) is 5.91 Å². The summed E-state index contributed by atoms with van der Waals surface area (Å²) >= 11 is 0. The van der Waals surface area contributed by atoms with Crippen LogP contribution in [-0.2, 0) is 11.3 Å². The summed E-state index contributed by atoms with van der Waals surface area (Å²) in [5, 5.41) is 10.2. The lowest BCUT2D eigenvalue weighted by Gasteiger charge is -2.33. The first-order chi connectivity index (χ1) is 13.2. The van der Waals surface area contributed by atoms with Gasteiger partial charge >= 0.3 is 0 Å². The molecule has 1 amide bonds. The van der Waals surface area contributed by atoms with Crippen molar-refractivity contribution in [1.82, 2.24) is 20.7 Å². The van der Waals surface area contributed by atoms with Gasteiger partial charge in [-0.1, -0.05) is 35.5 Å². The Balaban J connectivity index is 0.00000280. The minimum absolute atomic E-state index is 0. The van der Waals surface area contributed by atoms with E-state index in [1.54, 1.807) is 14.1 Å². The highest BCUT2D eigenvalue weighted by atomic mass is 127. The first kappa shape index (κ1) is 22.2. The number of aromatic nitrogens is 1. The van der Waals surface area contributed by atoms with Gasteiger partial charge in [0, 0.05) is 45.2 Å². The number of carbonyl (C=O) groups is 1. The minimum atomic E-state index is 0. The molecule has 0 spiro atoms. The Labute approximate surface area is 183 Å². The van der Waals surface area contributed by atoms with E-state index in [0.717, 1.165) is 48.9 Å². The van der Waals surface area contributed by atoms with E-state index in [-0.39, 0.29) is 29.9 Å². The van der Waals surface area contributed by atoms with Gasteiger partial charge in [-0.05, 0) is 18.8 Å². The summed E-state index contributed by atoms with van der Waals surface area (Å²) in [5.41, 5.74) is 1.87. The Kier molecular flexibility index (Phi) is 8.75. The van der Waals surface area contributed by atoms with Crippen molar-refractivity contribution in [3.05, 3.63) is 42.2 Å². The van der Waals surface area contributed by atoms with E-state index in [1.807, 2.05) is 36.4 Å². The highest BCUT2D eigenvalue weighted by molar-refractivity contribution is 14.0. The quantitative estimate of drug-likeness (QED) is 0.377. The van der Waals surface area contributed by atoms with Gasteiger partial charge in [-0.25, -0.2) is 0 Å². The largest absolute Gasteiger partial charge is 0.359 e. The summed E-state index contributed by atoms with van der Waals surface area (Å²) in [5.74, 6) is 2.19. The average molecular weight is 497 g/mol. The van der Waals surface area contributed by atoms with Crippen LogP contribution in [0.15, 0.2) is 45.9 Å². The highest BCUT2D eigenvalue weighted by Crippen LogP contribution is 2.21. The molecule has 2 N–H and O–H groups in total. The second-order valence-electron chi connectivity index (χ2n) is 6.75. The van der Waals surface area contributed by atoms with Gasteiger partial charge in [-0.3, -0.25) is 9.79 Å². The topological polar surface area (TPSA) is 82.8 Å². The number of benzene rings is 1. The van der Waals surface area contributed by atoms with Gasteiger partial charge in [0.15, 0.2) is 11.7 Å². The normalized spacial score (nSPS) is 15.1. The molecule has 1 aromatic heterocycles. The molecule has 1 aliphatic heterocycles. The van der Waals surface area contributed by atoms with Crippen molar-refractivity contribution in [2.75, 3.05) is 27.2 Å². The number of hydrogen-bond donors (Lipinski definition) is 2. The molecule has 1 aromatic carbocycles. The second kappa shape index (κ2) is 11.0. The molecule has 8 heteroatoms. The summed E-state index contributed by atoms with van der Waals surface area (Å²) in [6.07, 6.45) is 2.60. The van der Waals surface area contributed by atoms with Crippen molar-refractivity contribution in [3.63, 3.8) is 0 Å². The predicted molar refractivity (Wildman–Crippen MR) is 121 cm³/mol. The van der Waals surface area contributed by atoms with Crippen LogP contribution in [0.2, 0.25) is 0 Å². The first-order valence-electron chi connectivity index (χ1n) is 9.36. The molecule has 2 aromatic rings. The molecule has 0 atom stereocenters. The lowest BCUT2D eigenvalue weighted by Crippen LogP contribution is -2.45. The van der Waals surface area contributed by atoms with Crippen molar-refractivity contribution in [2.45, 2.75) is 25.8 Å². The maximum Gasteiger partial charge on any atom is 0.220 e. The third-order valence-electron chi connectivity index (χ3n) is 4.93. The monoisotopic (exact) mass is 497 g/mol. The number of piperidine rings is 1. The van der Waals surface area contributed by atoms with Crippen molar-refractivity contribution >= 4 is 35.8 Å². The number of hydrogen-bond acceptors (Lipinski definition) is 4. The number of amides is 1. The fraction of sp³-hybridized carbons (Fsp3) is 0.450. The Morgan fingerprint density at radius 2 is 2.00 bits per heavy atom. The third kappa shape index (κ3) is 5.95. The van der Waals surface area contributed by atoms with Crippen LogP contribution < -0.4 is 10.6 Å². The fourth-order valence-electron chi connectivity index (χ4n) is 3.35. The zero-order valence-corrected chi connectivity index (χ0v) is 18.7. The molecule has 28 heavy (non-hydrogen) atoms. The SMILES string of the molecule is CN=C(NCc1cc(-c2ccccc2)no1)N1CCC(CC(=O)NC)CC1.I. The summed E-state index contributed by atoms with van der Waals surface area (Å²) in [4.78, 5) is 18.2. The third-order valence-corrected chi connectivity index (χ3v) is 4.93. The molecule has 0 radical (unpaired) electrons. The Morgan fingerprint density at radius 1 is 1.29 bits per heavy atom. The lowest BCUT2D eigenvalue weighted by molar-refractivity contribution is -0.121. The molecule has 1 fully saturated rings. The van der Waals surface area contributed by atoms with Crippen molar-refractivity contribution in [2.24, 2.45) is 10.9 Å². The second-order valence-corrected chi connectivity index (χ2v) is 6.75. The molecule has 3 rings (SSSR count). The Morgan fingerprint density at radius 3 is 2.64 bits per heavy atom. The van der Waals surface area contributed by atoms with E-state index in [0.29, 0.717) is 18.9 Å². The number of carbonyl (C=O) groups excluding carboxylic acids is 1. The fourth-order valence-corrected chi connectivity index (χ4v) is 3.35. The van der Waals surface area contributed by atoms with Crippen LogP contribution in [0.5, 0.6) is 0 Å². The Bertz CT molecular complexity index is 770. The van der Waals surface area contributed by atoms with E-state index < -0.39 is 0 Å². The summed E-state index contributed by atoms with van der Waals surface area (Å²) < 4.78 is 5.44. The standard InChI is InChI=1S/C20H27N5O2.HI/c1-21-19(26)12-15-8-10-25(11-9-15)20(22-2)23-14-17-13-18(24-27-17)16-6-4-3-5-7-16;/h3-7,13,15H,8-12,14H2,1-2H3,(H,21,26)(H,22,23);1H. The van der Waals surface area contributed by atoms with E-state index in [2.05, 4.69) is 25.7 Å². The van der Waals surface area contributed by atoms with Gasteiger partial charge in [0.25, 0.3) is 0 Å². The average Bonchev–Trinajstić information content (AvgIpc) is 3.19. The van der Waals surface area contributed by atoms with E-state index in [4.69, 9.17) is 4.52 Å². The maximum absolute atomic E-state index is 11.5. The molecule has 0 unspecified atom stereocenters. The molecule has 7 nitrogen and oxygen atoms in total. The highest BCUT2D eigenvalue weighted by Gasteiger charge is 2.23. The first-order valence-corrected chi connectivity index (χ1v) is 9.36. The summed E-state index contributed by atoms with van der Waals surface area (Å²) in [6.45, 7) is 2.32. The van der Waals surface area contributed by atoms with Gasteiger partial charge in [-0.15, -0.1) is 24.0 Å². The minimum Gasteiger partial charge on any atom is -0.359 e. The molecule has 2 heterocycles. The lowest BCUT2D eigenvalue weighted by atomic mass is 9.93. The number of aliphatic imine (C=N–C) groups is 1. The van der Waals surface area contributed by atoms with E-state index in [1.165, 1.54) is 0 Å². The van der Waals surface area contributed by atoms with Crippen molar-refractivity contribution in [1.29, 1.82) is 0 Å². The molecule has 0 saturated carbocycles. The van der Waals surface area contributed by atoms with Crippen LogP contribution in [0, 0.1) is 5.92 Å². The number of nitrogens with zero attached hydrogens (tertiary/aromatic N) is 3. The predicted octanol–water partition coefficient (Wildman–Crippen LogP) is 2.88. The van der Waals surface area contributed by atoms with Gasteiger partial charge in [-0.2, -0.15) is 0 Å². The molecular weight excluding hydrogens is 469 g/mol. The molecular formula is C20H28IN5O2. The van der Waals surface area contributed by atoms with Gasteiger partial charge in [0.05, 0.1) is 6.54 Å². The van der Waals surface area contributed by atoms with E-state index in [9.17, 15) is 4.79 Å². The number of halogens is 1. The van der Waals surface area contributed by atoms with Crippen LogP contribution >= 0.6 is 24.0 Å². The number of nitrogens with one attached hydrogen (secondary N) is 2. The number of rotatable bonds is 5. The molecule has 1 saturated heterocycles. The maximum atomic E-state index is 11.5.